The highest BCUT2D eigenvalue weighted by Crippen LogP contribution is 2.33. The summed E-state index contributed by atoms with van der Waals surface area (Å²) in [6.07, 6.45) is 3.12. The zero-order chi connectivity index (χ0) is 22.8. The number of carbonyl (C=O) groups excluding carboxylic acids is 2. The largest absolute Gasteiger partial charge is 0.478 e. The van der Waals surface area contributed by atoms with Crippen molar-refractivity contribution >= 4 is 17.8 Å². The monoisotopic (exact) mass is 427 g/mol. The van der Waals surface area contributed by atoms with Crippen LogP contribution in [-0.2, 0) is 4.74 Å². The van der Waals surface area contributed by atoms with Crippen molar-refractivity contribution in [1.29, 1.82) is 0 Å². The van der Waals surface area contributed by atoms with Crippen molar-refractivity contribution < 1.29 is 24.2 Å². The fourth-order valence-corrected chi connectivity index (χ4v) is 3.72. The normalized spacial score (nSPS) is 17.2. The second-order valence-electron chi connectivity index (χ2n) is 8.82. The summed E-state index contributed by atoms with van der Waals surface area (Å²) >= 11 is 0. The Labute approximate surface area is 181 Å². The van der Waals surface area contributed by atoms with E-state index in [2.05, 4.69) is 4.98 Å². The van der Waals surface area contributed by atoms with Gasteiger partial charge in [0.05, 0.1) is 17.3 Å². The molecule has 1 aliphatic heterocycles. The molecule has 1 aliphatic rings. The number of hydrogen-bond acceptors (Lipinski definition) is 5. The first-order valence-corrected chi connectivity index (χ1v) is 10.5. The molecule has 0 saturated carbocycles. The number of Topliss-reactive ketones (excluding diaryl/α,β-unsaturated/α-hetero) is 1. The minimum Gasteiger partial charge on any atom is -0.478 e. The molecular formula is C23H29N3O5. The van der Waals surface area contributed by atoms with E-state index in [1.54, 1.807) is 17.0 Å². The summed E-state index contributed by atoms with van der Waals surface area (Å²) in [7, 11) is 0. The molecule has 1 fully saturated rings. The molecule has 166 valence electrons. The zero-order valence-corrected chi connectivity index (χ0v) is 18.4. The fourth-order valence-electron chi connectivity index (χ4n) is 3.72. The Balaban J connectivity index is 2.00. The number of ether oxygens (including phenoxy) is 1. The van der Waals surface area contributed by atoms with E-state index in [1.165, 1.54) is 19.1 Å². The molecule has 0 bridgehead atoms. The maximum absolute atomic E-state index is 12.9. The molecule has 1 atom stereocenters. The number of aromatic amines is 1. The molecule has 0 spiro atoms. The highest BCUT2D eigenvalue weighted by atomic mass is 16.6. The SMILES string of the molecule is CC(=O)c1[nH]c(C2CCCCCN2C(=O)OC(C)(C)C)nc1-c1ccc(C(=O)O)cc1. The Bertz CT molecular complexity index is 972. The van der Waals surface area contributed by atoms with E-state index in [0.29, 0.717) is 35.7 Å². The lowest BCUT2D eigenvalue weighted by Crippen LogP contribution is -2.39. The number of nitrogens with one attached hydrogen (secondary N) is 1. The van der Waals surface area contributed by atoms with Crippen LogP contribution in [0.15, 0.2) is 24.3 Å². The zero-order valence-electron chi connectivity index (χ0n) is 18.4. The Morgan fingerprint density at radius 1 is 1.13 bits per heavy atom. The maximum Gasteiger partial charge on any atom is 0.410 e. The van der Waals surface area contributed by atoms with Crippen molar-refractivity contribution in [3.63, 3.8) is 0 Å². The van der Waals surface area contributed by atoms with E-state index in [-0.39, 0.29) is 17.4 Å². The summed E-state index contributed by atoms with van der Waals surface area (Å²) in [5.41, 5.74) is 0.969. The van der Waals surface area contributed by atoms with Crippen LogP contribution in [0.1, 0.15) is 86.1 Å². The number of rotatable bonds is 4. The van der Waals surface area contributed by atoms with Gasteiger partial charge in [-0.15, -0.1) is 0 Å². The molecule has 2 N–H and O–H groups in total. The second-order valence-corrected chi connectivity index (χ2v) is 8.82. The number of imidazole rings is 1. The molecule has 31 heavy (non-hydrogen) atoms. The van der Waals surface area contributed by atoms with E-state index in [9.17, 15) is 14.4 Å². The number of H-pyrrole nitrogens is 1. The third-order valence-corrected chi connectivity index (χ3v) is 5.18. The third kappa shape index (κ3) is 5.31. The van der Waals surface area contributed by atoms with Crippen LogP contribution in [0.2, 0.25) is 0 Å². The molecule has 0 aliphatic carbocycles. The van der Waals surface area contributed by atoms with Gasteiger partial charge >= 0.3 is 12.1 Å². The predicted octanol–water partition coefficient (Wildman–Crippen LogP) is 4.83. The van der Waals surface area contributed by atoms with Gasteiger partial charge in [0, 0.05) is 19.0 Å². The van der Waals surface area contributed by atoms with Crippen LogP contribution in [0.3, 0.4) is 0 Å². The number of nitrogens with zero attached hydrogens (tertiary/aromatic N) is 2. The summed E-state index contributed by atoms with van der Waals surface area (Å²) in [5.74, 6) is -0.670. The van der Waals surface area contributed by atoms with Gasteiger partial charge in [0.15, 0.2) is 5.78 Å². The molecule has 0 radical (unpaired) electrons. The van der Waals surface area contributed by atoms with Crippen LogP contribution < -0.4 is 0 Å². The first kappa shape index (κ1) is 22.5. The van der Waals surface area contributed by atoms with Gasteiger partial charge < -0.3 is 14.8 Å². The Morgan fingerprint density at radius 2 is 1.81 bits per heavy atom. The van der Waals surface area contributed by atoms with E-state index >= 15 is 0 Å². The lowest BCUT2D eigenvalue weighted by Gasteiger charge is -2.31. The molecular weight excluding hydrogens is 398 g/mol. The first-order valence-electron chi connectivity index (χ1n) is 10.5. The van der Waals surface area contributed by atoms with Crippen LogP contribution in [0, 0.1) is 0 Å². The van der Waals surface area contributed by atoms with E-state index in [0.717, 1.165) is 19.3 Å². The van der Waals surface area contributed by atoms with Crippen LogP contribution in [-0.4, -0.2) is 50.0 Å². The number of ketones is 1. The minimum absolute atomic E-state index is 0.156. The molecule has 1 aromatic heterocycles. The van der Waals surface area contributed by atoms with Gasteiger partial charge in [-0.1, -0.05) is 25.0 Å². The molecule has 1 aromatic carbocycles. The number of hydrogen-bond donors (Lipinski definition) is 2. The van der Waals surface area contributed by atoms with Crippen molar-refractivity contribution in [2.24, 2.45) is 0 Å². The highest BCUT2D eigenvalue weighted by molar-refractivity contribution is 5.98. The van der Waals surface area contributed by atoms with Crippen LogP contribution in [0.4, 0.5) is 4.79 Å². The molecule has 8 nitrogen and oxygen atoms in total. The van der Waals surface area contributed by atoms with Crippen molar-refractivity contribution in [2.45, 2.75) is 65.0 Å². The number of benzene rings is 1. The quantitative estimate of drug-likeness (QED) is 0.676. The van der Waals surface area contributed by atoms with E-state index in [1.807, 2.05) is 20.8 Å². The van der Waals surface area contributed by atoms with E-state index < -0.39 is 17.7 Å². The number of aromatic carboxylic acids is 1. The van der Waals surface area contributed by atoms with Gasteiger partial charge in [-0.2, -0.15) is 0 Å². The maximum atomic E-state index is 12.9. The van der Waals surface area contributed by atoms with Crippen molar-refractivity contribution in [3.8, 4) is 11.3 Å². The number of carbonyl (C=O) groups is 3. The predicted molar refractivity (Wildman–Crippen MR) is 115 cm³/mol. The molecule has 2 heterocycles. The average molecular weight is 428 g/mol. The summed E-state index contributed by atoms with van der Waals surface area (Å²) in [6.45, 7) is 7.50. The van der Waals surface area contributed by atoms with Gasteiger partial charge in [-0.25, -0.2) is 14.6 Å². The molecule has 8 heteroatoms. The summed E-state index contributed by atoms with van der Waals surface area (Å²) in [5, 5.41) is 9.13. The van der Waals surface area contributed by atoms with Crippen LogP contribution in [0.5, 0.6) is 0 Å². The lowest BCUT2D eigenvalue weighted by atomic mass is 10.1. The topological polar surface area (TPSA) is 113 Å². The smallest absolute Gasteiger partial charge is 0.410 e. The summed E-state index contributed by atoms with van der Waals surface area (Å²) < 4.78 is 5.61. The Hall–Kier alpha value is -3.16. The summed E-state index contributed by atoms with van der Waals surface area (Å²) in [4.78, 5) is 45.9. The molecule has 2 aromatic rings. The van der Waals surface area contributed by atoms with Gasteiger partial charge in [0.2, 0.25) is 0 Å². The minimum atomic E-state index is -1.02. The summed E-state index contributed by atoms with van der Waals surface area (Å²) in [6, 6.07) is 5.90. The molecule has 1 saturated heterocycles. The number of amides is 1. The first-order chi connectivity index (χ1) is 14.6. The van der Waals surface area contributed by atoms with Gasteiger partial charge in [0.25, 0.3) is 0 Å². The standard InChI is InChI=1S/C23H29N3O5/c1-14(27)18-19(15-9-11-16(12-10-15)21(28)29)25-20(24-18)17-8-6-5-7-13-26(17)22(30)31-23(2,3)4/h9-12,17H,5-8,13H2,1-4H3,(H,24,25)(H,28,29). The van der Waals surface area contributed by atoms with Crippen molar-refractivity contribution in [2.75, 3.05) is 6.54 Å². The lowest BCUT2D eigenvalue weighted by molar-refractivity contribution is 0.0155. The van der Waals surface area contributed by atoms with Crippen LogP contribution >= 0.6 is 0 Å². The van der Waals surface area contributed by atoms with Gasteiger partial charge in [-0.3, -0.25) is 9.69 Å². The average Bonchev–Trinajstić information content (AvgIpc) is 2.98. The Kier molecular flexibility index (Phi) is 6.48. The fraction of sp³-hybridized carbons (Fsp3) is 0.478. The number of likely N-dealkylation sites (tertiary alicyclic amines) is 1. The molecule has 1 unspecified atom stereocenters. The Morgan fingerprint density at radius 3 is 2.39 bits per heavy atom. The van der Waals surface area contributed by atoms with Crippen molar-refractivity contribution in [1.82, 2.24) is 14.9 Å². The van der Waals surface area contributed by atoms with Crippen molar-refractivity contribution in [3.05, 3.63) is 41.3 Å². The van der Waals surface area contributed by atoms with Gasteiger partial charge in [0.1, 0.15) is 17.1 Å². The second kappa shape index (κ2) is 8.91. The molecule has 1 amide bonds. The van der Waals surface area contributed by atoms with Gasteiger partial charge in [-0.05, 0) is 45.7 Å². The van der Waals surface area contributed by atoms with Crippen LogP contribution in [0.25, 0.3) is 11.3 Å². The molecule has 3 rings (SSSR count). The number of aromatic nitrogens is 2. The number of carboxylic acids is 1. The number of carboxylic acid groups (broad SMARTS) is 1. The van der Waals surface area contributed by atoms with E-state index in [4.69, 9.17) is 14.8 Å². The highest BCUT2D eigenvalue weighted by Gasteiger charge is 2.33. The third-order valence-electron chi connectivity index (χ3n) is 5.18.